The normalized spacial score (nSPS) is 11.8. The molecule has 0 saturated heterocycles. The van der Waals surface area contributed by atoms with Crippen LogP contribution >= 0.6 is 11.6 Å². The second-order valence-corrected chi connectivity index (χ2v) is 3.04. The molecule has 0 N–H and O–H groups in total. The maximum atomic E-state index is 8.65. The summed E-state index contributed by atoms with van der Waals surface area (Å²) < 4.78 is 5.35. The average Bonchev–Trinajstić information content (AvgIpc) is 2.14. The van der Waals surface area contributed by atoms with Gasteiger partial charge in [0.2, 0.25) is 0 Å². The zero-order chi connectivity index (χ0) is 9.68. The number of ether oxygens (including phenoxy) is 1. The van der Waals surface area contributed by atoms with Crippen LogP contribution in [0.3, 0.4) is 0 Å². The zero-order valence-electron chi connectivity index (χ0n) is 7.33. The maximum Gasteiger partial charge on any atom is 0.184 e. The molecule has 0 spiro atoms. The predicted octanol–water partition coefficient (Wildman–Crippen LogP) is 3.02. The van der Waals surface area contributed by atoms with E-state index in [4.69, 9.17) is 21.6 Å². The van der Waals surface area contributed by atoms with Gasteiger partial charge >= 0.3 is 0 Å². The van der Waals surface area contributed by atoms with E-state index in [9.17, 15) is 0 Å². The van der Waals surface area contributed by atoms with Gasteiger partial charge in [0, 0.05) is 5.02 Å². The first kappa shape index (κ1) is 9.88. The molecule has 0 aromatic heterocycles. The highest BCUT2D eigenvalue weighted by molar-refractivity contribution is 6.30. The third-order valence-electron chi connectivity index (χ3n) is 1.59. The van der Waals surface area contributed by atoms with Crippen LogP contribution in [0.2, 0.25) is 5.02 Å². The van der Waals surface area contributed by atoms with Crippen LogP contribution in [0.1, 0.15) is 13.3 Å². The summed E-state index contributed by atoms with van der Waals surface area (Å²) in [6.45, 7) is 1.90. The third-order valence-corrected chi connectivity index (χ3v) is 1.82. The number of nitrogens with zero attached hydrogens (tertiary/aromatic N) is 1. The standard InChI is InChI=1S/C10H10ClNO/c1-2-9(7-12)13-10-5-3-4-8(11)6-10/h3-6,9H,2H2,1H3. The molecule has 68 valence electrons. The fourth-order valence-corrected chi connectivity index (χ4v) is 1.09. The van der Waals surface area contributed by atoms with E-state index in [1.807, 2.05) is 6.92 Å². The van der Waals surface area contributed by atoms with Crippen LogP contribution in [-0.4, -0.2) is 6.10 Å². The van der Waals surface area contributed by atoms with Crippen LogP contribution in [-0.2, 0) is 0 Å². The van der Waals surface area contributed by atoms with Crippen LogP contribution in [0.4, 0.5) is 0 Å². The van der Waals surface area contributed by atoms with E-state index < -0.39 is 6.10 Å². The van der Waals surface area contributed by atoms with Gasteiger partial charge in [-0.1, -0.05) is 24.6 Å². The van der Waals surface area contributed by atoms with Crippen molar-refractivity contribution in [2.45, 2.75) is 19.4 Å². The predicted molar refractivity (Wildman–Crippen MR) is 51.8 cm³/mol. The highest BCUT2D eigenvalue weighted by Crippen LogP contribution is 2.18. The molecule has 2 nitrogen and oxygen atoms in total. The molecule has 13 heavy (non-hydrogen) atoms. The number of rotatable bonds is 3. The van der Waals surface area contributed by atoms with Gasteiger partial charge in [-0.15, -0.1) is 0 Å². The van der Waals surface area contributed by atoms with E-state index in [-0.39, 0.29) is 0 Å². The van der Waals surface area contributed by atoms with Crippen molar-refractivity contribution >= 4 is 11.6 Å². The zero-order valence-corrected chi connectivity index (χ0v) is 8.08. The Morgan fingerprint density at radius 1 is 1.62 bits per heavy atom. The first-order valence-corrected chi connectivity index (χ1v) is 4.46. The molecule has 3 heteroatoms. The van der Waals surface area contributed by atoms with Gasteiger partial charge in [-0.3, -0.25) is 0 Å². The largest absolute Gasteiger partial charge is 0.476 e. The molecule has 1 unspecified atom stereocenters. The van der Waals surface area contributed by atoms with Crippen LogP contribution in [0.15, 0.2) is 24.3 Å². The molecular weight excluding hydrogens is 186 g/mol. The second kappa shape index (κ2) is 4.74. The minimum absolute atomic E-state index is 0.390. The Morgan fingerprint density at radius 2 is 2.38 bits per heavy atom. The fraction of sp³-hybridized carbons (Fsp3) is 0.300. The number of nitriles is 1. The first-order chi connectivity index (χ1) is 6.26. The van der Waals surface area contributed by atoms with Crippen LogP contribution in [0, 0.1) is 11.3 Å². The van der Waals surface area contributed by atoms with E-state index in [0.29, 0.717) is 17.2 Å². The third kappa shape index (κ3) is 2.96. The molecule has 0 fully saturated rings. The van der Waals surface area contributed by atoms with Crippen LogP contribution in [0.5, 0.6) is 5.75 Å². The molecule has 0 bridgehead atoms. The summed E-state index contributed by atoms with van der Waals surface area (Å²) in [7, 11) is 0. The SMILES string of the molecule is CCC(C#N)Oc1cccc(Cl)c1. The molecule has 0 saturated carbocycles. The van der Waals surface area contributed by atoms with Crippen molar-refractivity contribution in [3.8, 4) is 11.8 Å². The molecule has 1 rings (SSSR count). The van der Waals surface area contributed by atoms with Gasteiger partial charge in [-0.2, -0.15) is 5.26 Å². The summed E-state index contributed by atoms with van der Waals surface area (Å²) in [6, 6.07) is 9.09. The lowest BCUT2D eigenvalue weighted by Crippen LogP contribution is -2.11. The summed E-state index contributed by atoms with van der Waals surface area (Å²) >= 11 is 5.75. The number of benzene rings is 1. The average molecular weight is 196 g/mol. The van der Waals surface area contributed by atoms with Crippen molar-refractivity contribution in [3.05, 3.63) is 29.3 Å². The van der Waals surface area contributed by atoms with Gasteiger partial charge < -0.3 is 4.74 Å². The fourth-order valence-electron chi connectivity index (χ4n) is 0.906. The quantitative estimate of drug-likeness (QED) is 0.743. The molecule has 0 aliphatic rings. The maximum absolute atomic E-state index is 8.65. The summed E-state index contributed by atoms with van der Waals surface area (Å²) in [6.07, 6.45) is 0.279. The molecular formula is C10H10ClNO. The lowest BCUT2D eigenvalue weighted by molar-refractivity contribution is 0.252. The summed E-state index contributed by atoms with van der Waals surface area (Å²) in [4.78, 5) is 0. The highest BCUT2D eigenvalue weighted by Gasteiger charge is 2.05. The Kier molecular flexibility index (Phi) is 3.60. The first-order valence-electron chi connectivity index (χ1n) is 4.08. The topological polar surface area (TPSA) is 33.0 Å². The summed E-state index contributed by atoms with van der Waals surface area (Å²) in [5.41, 5.74) is 0. The van der Waals surface area contributed by atoms with Gasteiger partial charge in [0.05, 0.1) is 0 Å². The Labute approximate surface area is 82.7 Å². The highest BCUT2D eigenvalue weighted by atomic mass is 35.5. The Morgan fingerprint density at radius 3 is 2.92 bits per heavy atom. The molecule has 1 aromatic rings. The van der Waals surface area contributed by atoms with Crippen molar-refractivity contribution in [2.24, 2.45) is 0 Å². The molecule has 0 aliphatic heterocycles. The van der Waals surface area contributed by atoms with Gasteiger partial charge in [0.15, 0.2) is 6.10 Å². The second-order valence-electron chi connectivity index (χ2n) is 2.60. The van der Waals surface area contributed by atoms with Crippen LogP contribution < -0.4 is 4.74 Å². The smallest absolute Gasteiger partial charge is 0.184 e. The Hall–Kier alpha value is -1.20. The van der Waals surface area contributed by atoms with Crippen molar-refractivity contribution in [3.63, 3.8) is 0 Å². The lowest BCUT2D eigenvalue weighted by atomic mass is 10.3. The van der Waals surface area contributed by atoms with E-state index in [1.165, 1.54) is 0 Å². The Bertz CT molecular complexity index is 319. The molecule has 0 heterocycles. The van der Waals surface area contributed by atoms with Gasteiger partial charge in [-0.05, 0) is 24.6 Å². The van der Waals surface area contributed by atoms with E-state index in [1.54, 1.807) is 24.3 Å². The molecule has 0 radical (unpaired) electrons. The molecule has 1 aromatic carbocycles. The molecule has 0 aliphatic carbocycles. The lowest BCUT2D eigenvalue weighted by Gasteiger charge is -2.09. The van der Waals surface area contributed by atoms with Crippen molar-refractivity contribution in [1.82, 2.24) is 0 Å². The van der Waals surface area contributed by atoms with Crippen LogP contribution in [0.25, 0.3) is 0 Å². The summed E-state index contributed by atoms with van der Waals surface area (Å²) in [5.74, 6) is 0.640. The van der Waals surface area contributed by atoms with Gasteiger partial charge in [0.25, 0.3) is 0 Å². The van der Waals surface area contributed by atoms with Crippen molar-refractivity contribution < 1.29 is 4.74 Å². The minimum Gasteiger partial charge on any atom is -0.476 e. The van der Waals surface area contributed by atoms with Gasteiger partial charge in [-0.25, -0.2) is 0 Å². The number of halogens is 1. The number of hydrogen-bond donors (Lipinski definition) is 0. The van der Waals surface area contributed by atoms with Gasteiger partial charge in [0.1, 0.15) is 11.8 Å². The minimum atomic E-state index is -0.390. The van der Waals surface area contributed by atoms with Crippen molar-refractivity contribution in [1.29, 1.82) is 5.26 Å². The monoisotopic (exact) mass is 195 g/mol. The van der Waals surface area contributed by atoms with E-state index in [2.05, 4.69) is 6.07 Å². The Balaban J connectivity index is 2.69. The van der Waals surface area contributed by atoms with E-state index in [0.717, 1.165) is 0 Å². The molecule has 0 amide bonds. The molecule has 1 atom stereocenters. The van der Waals surface area contributed by atoms with E-state index >= 15 is 0 Å². The van der Waals surface area contributed by atoms with Crippen molar-refractivity contribution in [2.75, 3.05) is 0 Å². The number of hydrogen-bond acceptors (Lipinski definition) is 2. The summed E-state index contributed by atoms with van der Waals surface area (Å²) in [5, 5.41) is 9.26.